The summed E-state index contributed by atoms with van der Waals surface area (Å²) in [7, 11) is 0. The maximum Gasteiger partial charge on any atom is 0.407 e. The number of alkyl carbamates (subject to hydrolysis) is 1. The fourth-order valence-electron chi connectivity index (χ4n) is 4.72. The predicted octanol–water partition coefficient (Wildman–Crippen LogP) is 4.23. The Hall–Kier alpha value is -2.87. The molecule has 0 radical (unpaired) electrons. The van der Waals surface area contributed by atoms with Crippen LogP contribution in [0.2, 0.25) is 0 Å². The van der Waals surface area contributed by atoms with E-state index in [1.165, 1.54) is 22.3 Å². The monoisotopic (exact) mass is 645 g/mol. The zero-order valence-corrected chi connectivity index (χ0v) is 27.0. The maximum absolute atomic E-state index is 12.2. The molecule has 1 N–H and O–H groups in total. The average Bonchev–Trinajstić information content (AvgIpc) is 3.40. The van der Waals surface area contributed by atoms with Crippen molar-refractivity contribution in [1.29, 1.82) is 0 Å². The van der Waals surface area contributed by atoms with Crippen LogP contribution in [0.3, 0.4) is 0 Å². The summed E-state index contributed by atoms with van der Waals surface area (Å²) in [6, 6.07) is 16.6. The van der Waals surface area contributed by atoms with Crippen molar-refractivity contribution in [2.24, 2.45) is 0 Å². The average molecular weight is 646 g/mol. The van der Waals surface area contributed by atoms with Crippen LogP contribution in [-0.4, -0.2) is 125 Å². The van der Waals surface area contributed by atoms with Crippen molar-refractivity contribution in [3.8, 4) is 11.1 Å². The molecule has 11 nitrogen and oxygen atoms in total. The Labute approximate surface area is 273 Å². The Balaban J connectivity index is 1.00. The van der Waals surface area contributed by atoms with Crippen LogP contribution in [0.25, 0.3) is 11.1 Å². The first-order valence-electron chi connectivity index (χ1n) is 16.1. The molecule has 0 saturated heterocycles. The highest BCUT2D eigenvalue weighted by Crippen LogP contribution is 2.44. The molecule has 1 aliphatic rings. The molecule has 0 unspecified atom stereocenters. The van der Waals surface area contributed by atoms with Gasteiger partial charge in [0.05, 0.1) is 99.1 Å². The van der Waals surface area contributed by atoms with Crippen LogP contribution < -0.4 is 5.32 Å². The summed E-state index contributed by atoms with van der Waals surface area (Å²) in [6.45, 7) is 12.6. The van der Waals surface area contributed by atoms with Gasteiger partial charge in [-0.15, -0.1) is 6.58 Å². The predicted molar refractivity (Wildman–Crippen MR) is 174 cm³/mol. The highest BCUT2D eigenvalue weighted by molar-refractivity contribution is 5.79. The van der Waals surface area contributed by atoms with Crippen LogP contribution in [0.15, 0.2) is 61.2 Å². The van der Waals surface area contributed by atoms with Crippen LogP contribution in [0.4, 0.5) is 4.79 Å². The molecule has 0 heterocycles. The normalized spacial score (nSPS) is 12.2. The second-order valence-electron chi connectivity index (χ2n) is 10.3. The second-order valence-corrected chi connectivity index (χ2v) is 10.3. The van der Waals surface area contributed by atoms with Gasteiger partial charge in [-0.05, 0) is 28.7 Å². The van der Waals surface area contributed by atoms with Gasteiger partial charge < -0.3 is 47.9 Å². The van der Waals surface area contributed by atoms with Crippen molar-refractivity contribution in [2.45, 2.75) is 12.3 Å². The van der Waals surface area contributed by atoms with Gasteiger partial charge in [0.1, 0.15) is 6.61 Å². The Morgan fingerprint density at radius 1 is 0.587 bits per heavy atom. The van der Waals surface area contributed by atoms with Crippen LogP contribution in [0, 0.1) is 0 Å². The van der Waals surface area contributed by atoms with Crippen LogP contribution in [0.1, 0.15) is 23.5 Å². The maximum atomic E-state index is 12.2. The smallest absolute Gasteiger partial charge is 0.407 e. The van der Waals surface area contributed by atoms with E-state index in [1.807, 2.05) is 24.3 Å². The second kappa shape index (κ2) is 25.2. The first-order valence-corrected chi connectivity index (χ1v) is 16.1. The third-order valence-electron chi connectivity index (χ3n) is 6.92. The van der Waals surface area contributed by atoms with Gasteiger partial charge in [-0.1, -0.05) is 54.6 Å². The minimum absolute atomic E-state index is 0.0541. The molecular formula is C35H51NO10. The number of hydrogen-bond acceptors (Lipinski definition) is 10. The van der Waals surface area contributed by atoms with Crippen molar-refractivity contribution in [1.82, 2.24) is 5.32 Å². The van der Waals surface area contributed by atoms with E-state index in [1.54, 1.807) is 6.08 Å². The van der Waals surface area contributed by atoms with E-state index in [0.717, 1.165) is 0 Å². The molecule has 2 aromatic carbocycles. The minimum atomic E-state index is -0.412. The van der Waals surface area contributed by atoms with Crippen molar-refractivity contribution in [3.63, 3.8) is 0 Å². The lowest BCUT2D eigenvalue weighted by atomic mass is 9.98. The van der Waals surface area contributed by atoms with Gasteiger partial charge in [0.25, 0.3) is 0 Å². The van der Waals surface area contributed by atoms with Crippen molar-refractivity contribution in [3.05, 3.63) is 72.3 Å². The lowest BCUT2D eigenvalue weighted by Crippen LogP contribution is -2.27. The molecule has 256 valence electrons. The van der Waals surface area contributed by atoms with Gasteiger partial charge in [0.15, 0.2) is 0 Å². The first kappa shape index (κ1) is 37.6. The summed E-state index contributed by atoms with van der Waals surface area (Å²) in [6.07, 6.45) is 1.99. The Bertz CT molecular complexity index is 1040. The van der Waals surface area contributed by atoms with E-state index >= 15 is 0 Å². The van der Waals surface area contributed by atoms with E-state index in [9.17, 15) is 4.79 Å². The summed E-state index contributed by atoms with van der Waals surface area (Å²) in [5, 5.41) is 2.80. The quantitative estimate of drug-likeness (QED) is 0.102. The van der Waals surface area contributed by atoms with E-state index in [-0.39, 0.29) is 5.92 Å². The van der Waals surface area contributed by atoms with Gasteiger partial charge in [0, 0.05) is 19.1 Å². The largest absolute Gasteiger partial charge is 0.449 e. The van der Waals surface area contributed by atoms with Gasteiger partial charge in [-0.2, -0.15) is 0 Å². The van der Waals surface area contributed by atoms with E-state index in [0.29, 0.717) is 125 Å². The third kappa shape index (κ3) is 15.6. The first-order chi connectivity index (χ1) is 22.8. The highest BCUT2D eigenvalue weighted by Gasteiger charge is 2.28. The highest BCUT2D eigenvalue weighted by atomic mass is 16.6. The molecule has 46 heavy (non-hydrogen) atoms. The molecule has 0 aromatic heterocycles. The van der Waals surface area contributed by atoms with Crippen LogP contribution in [0.5, 0.6) is 0 Å². The molecule has 0 saturated carbocycles. The number of carbonyl (C=O) groups excluding carboxylic acids is 1. The molecule has 11 heteroatoms. The minimum Gasteiger partial charge on any atom is -0.449 e. The number of benzene rings is 2. The standard InChI is InChI=1S/C35H51NO10/c1-2-13-38-15-17-40-19-21-42-23-25-44-27-28-45-26-24-43-22-20-41-18-16-39-14-7-12-36-35(37)46-29-34-32-10-5-3-8-30(32)31-9-4-6-11-33(31)34/h2-6,8-11,34H,1,7,12-29H2,(H,36,37). The number of nitrogens with one attached hydrogen (secondary N) is 1. The number of ether oxygens (including phenoxy) is 9. The number of hydrogen-bond donors (Lipinski definition) is 1. The van der Waals surface area contributed by atoms with Crippen molar-refractivity contribution in [2.75, 3.05) is 119 Å². The van der Waals surface area contributed by atoms with Gasteiger partial charge in [-0.25, -0.2) is 4.79 Å². The SMILES string of the molecule is C=CCOCCOCCOCCOCCOCCOCCOCCOCCCNC(=O)OCC1c2ccccc2-c2ccccc21. The molecule has 1 aliphatic carbocycles. The Morgan fingerprint density at radius 2 is 0.978 bits per heavy atom. The topological polar surface area (TPSA) is 112 Å². The molecule has 2 aromatic rings. The molecule has 0 spiro atoms. The van der Waals surface area contributed by atoms with E-state index in [4.69, 9.17) is 42.6 Å². The third-order valence-corrected chi connectivity index (χ3v) is 6.92. The van der Waals surface area contributed by atoms with Crippen LogP contribution >= 0.6 is 0 Å². The molecule has 0 atom stereocenters. The summed E-state index contributed by atoms with van der Waals surface area (Å²) < 4.78 is 49.1. The number of carbonyl (C=O) groups is 1. The summed E-state index contributed by atoms with van der Waals surface area (Å²) in [5.41, 5.74) is 4.82. The fraction of sp³-hybridized carbons (Fsp3) is 0.571. The zero-order chi connectivity index (χ0) is 32.3. The summed E-state index contributed by atoms with van der Waals surface area (Å²) in [4.78, 5) is 12.2. The molecule has 0 bridgehead atoms. The number of rotatable bonds is 29. The lowest BCUT2D eigenvalue weighted by Gasteiger charge is -2.14. The summed E-state index contributed by atoms with van der Waals surface area (Å²) in [5.74, 6) is 0.0541. The van der Waals surface area contributed by atoms with E-state index < -0.39 is 6.09 Å². The Morgan fingerprint density at radius 3 is 1.41 bits per heavy atom. The molecule has 0 fully saturated rings. The van der Waals surface area contributed by atoms with Gasteiger partial charge >= 0.3 is 6.09 Å². The molecule has 0 aliphatic heterocycles. The van der Waals surface area contributed by atoms with Crippen molar-refractivity contribution < 1.29 is 47.4 Å². The Kier molecular flexibility index (Phi) is 20.6. The lowest BCUT2D eigenvalue weighted by molar-refractivity contribution is -0.0226. The number of amides is 1. The van der Waals surface area contributed by atoms with Gasteiger partial charge in [0.2, 0.25) is 0 Å². The summed E-state index contributed by atoms with van der Waals surface area (Å²) >= 11 is 0. The fourth-order valence-corrected chi connectivity index (χ4v) is 4.72. The number of fused-ring (bicyclic) bond motifs is 3. The zero-order valence-electron chi connectivity index (χ0n) is 27.0. The van der Waals surface area contributed by atoms with E-state index in [2.05, 4.69) is 36.2 Å². The van der Waals surface area contributed by atoms with Crippen molar-refractivity contribution >= 4 is 6.09 Å². The molecular weight excluding hydrogens is 594 g/mol. The van der Waals surface area contributed by atoms with Gasteiger partial charge in [-0.3, -0.25) is 0 Å². The molecule has 3 rings (SSSR count). The molecule has 1 amide bonds. The van der Waals surface area contributed by atoms with Crippen LogP contribution in [-0.2, 0) is 42.6 Å².